The summed E-state index contributed by atoms with van der Waals surface area (Å²) < 4.78 is 10.7. The molecule has 7 nitrogen and oxygen atoms in total. The van der Waals surface area contributed by atoms with Crippen LogP contribution in [0.3, 0.4) is 0 Å². The summed E-state index contributed by atoms with van der Waals surface area (Å²) in [7, 11) is 1.52. The number of imide groups is 2. The van der Waals surface area contributed by atoms with Crippen molar-refractivity contribution in [2.75, 3.05) is 18.6 Å². The first kappa shape index (κ1) is 19.4. The highest BCUT2D eigenvalue weighted by Crippen LogP contribution is 2.30. The van der Waals surface area contributed by atoms with Crippen molar-refractivity contribution in [1.29, 1.82) is 0 Å². The Kier molecular flexibility index (Phi) is 5.65. The highest BCUT2D eigenvalue weighted by atomic mass is 35.5. The van der Waals surface area contributed by atoms with E-state index in [1.807, 2.05) is 6.92 Å². The van der Waals surface area contributed by atoms with Crippen molar-refractivity contribution in [1.82, 2.24) is 5.32 Å². The van der Waals surface area contributed by atoms with E-state index in [0.717, 1.165) is 4.90 Å². The van der Waals surface area contributed by atoms with Crippen molar-refractivity contribution < 1.29 is 23.9 Å². The number of ether oxygens (including phenoxy) is 2. The van der Waals surface area contributed by atoms with Gasteiger partial charge in [0, 0.05) is 5.02 Å². The zero-order valence-electron chi connectivity index (χ0n) is 15.2. The number of hydrogen-bond acceptors (Lipinski definition) is 5. The molecule has 2 aromatic carbocycles. The van der Waals surface area contributed by atoms with Gasteiger partial charge in [-0.1, -0.05) is 23.7 Å². The summed E-state index contributed by atoms with van der Waals surface area (Å²) in [6.45, 7) is 2.25. The van der Waals surface area contributed by atoms with Crippen LogP contribution in [0, 0.1) is 0 Å². The van der Waals surface area contributed by atoms with Crippen molar-refractivity contribution in [2.45, 2.75) is 6.92 Å². The third kappa shape index (κ3) is 3.84. The normalized spacial score (nSPS) is 15.6. The van der Waals surface area contributed by atoms with E-state index in [0.29, 0.717) is 28.7 Å². The van der Waals surface area contributed by atoms with Crippen LogP contribution in [0.2, 0.25) is 5.02 Å². The van der Waals surface area contributed by atoms with Gasteiger partial charge in [0.15, 0.2) is 11.5 Å². The van der Waals surface area contributed by atoms with Crippen molar-refractivity contribution in [3.8, 4) is 11.5 Å². The first-order valence-corrected chi connectivity index (χ1v) is 8.80. The number of halogens is 1. The average molecular weight is 401 g/mol. The second kappa shape index (κ2) is 8.14. The van der Waals surface area contributed by atoms with Gasteiger partial charge < -0.3 is 9.47 Å². The Labute approximate surface area is 166 Å². The molecular formula is C20H17ClN2O5. The number of benzene rings is 2. The van der Waals surface area contributed by atoms with Gasteiger partial charge in [-0.3, -0.25) is 14.9 Å². The van der Waals surface area contributed by atoms with Crippen molar-refractivity contribution >= 4 is 41.2 Å². The molecule has 0 radical (unpaired) electrons. The molecule has 1 saturated heterocycles. The van der Waals surface area contributed by atoms with E-state index >= 15 is 0 Å². The molecule has 1 aliphatic heterocycles. The van der Waals surface area contributed by atoms with Gasteiger partial charge in [-0.15, -0.1) is 0 Å². The van der Waals surface area contributed by atoms with Crippen molar-refractivity contribution in [2.24, 2.45) is 0 Å². The molecule has 28 heavy (non-hydrogen) atoms. The van der Waals surface area contributed by atoms with Gasteiger partial charge in [0.2, 0.25) is 0 Å². The van der Waals surface area contributed by atoms with Gasteiger partial charge in [-0.25, -0.2) is 9.69 Å². The molecule has 3 rings (SSSR count). The van der Waals surface area contributed by atoms with Crippen LogP contribution in [0.1, 0.15) is 12.5 Å². The largest absolute Gasteiger partial charge is 0.493 e. The molecule has 0 saturated carbocycles. The monoisotopic (exact) mass is 400 g/mol. The molecule has 0 bridgehead atoms. The molecule has 8 heteroatoms. The lowest BCUT2D eigenvalue weighted by atomic mass is 10.1. The topological polar surface area (TPSA) is 84.9 Å². The number of barbiturate groups is 1. The molecule has 144 valence electrons. The van der Waals surface area contributed by atoms with E-state index in [1.54, 1.807) is 36.4 Å². The summed E-state index contributed by atoms with van der Waals surface area (Å²) in [5, 5.41) is 2.53. The Morgan fingerprint density at radius 1 is 1.11 bits per heavy atom. The molecule has 0 spiro atoms. The van der Waals surface area contributed by atoms with Crippen LogP contribution in [0.5, 0.6) is 11.5 Å². The maximum absolute atomic E-state index is 12.9. The molecule has 1 aliphatic rings. The number of urea groups is 1. The third-order valence-corrected chi connectivity index (χ3v) is 4.20. The standard InChI is InChI=1S/C20H17ClN2O5/c1-3-28-17-10-12(7-8-16(17)27-2)9-15-18(24)22-20(26)23(19(15)25)14-6-4-5-13(21)11-14/h4-11H,3H2,1-2H3,(H,22,24,26)/b15-9+. The smallest absolute Gasteiger partial charge is 0.335 e. The highest BCUT2D eigenvalue weighted by Gasteiger charge is 2.36. The van der Waals surface area contributed by atoms with Gasteiger partial charge in [0.05, 0.1) is 19.4 Å². The Morgan fingerprint density at radius 2 is 1.89 bits per heavy atom. The van der Waals surface area contributed by atoms with E-state index in [2.05, 4.69) is 5.32 Å². The van der Waals surface area contributed by atoms with Crippen LogP contribution in [0.15, 0.2) is 48.0 Å². The Morgan fingerprint density at radius 3 is 2.57 bits per heavy atom. The van der Waals surface area contributed by atoms with Crippen molar-refractivity contribution in [3.63, 3.8) is 0 Å². The number of amides is 4. The number of anilines is 1. The molecule has 0 atom stereocenters. The predicted molar refractivity (Wildman–Crippen MR) is 105 cm³/mol. The van der Waals surface area contributed by atoms with Crippen LogP contribution >= 0.6 is 11.6 Å². The molecule has 1 heterocycles. The Bertz CT molecular complexity index is 986. The maximum atomic E-state index is 12.9. The van der Waals surface area contributed by atoms with E-state index in [-0.39, 0.29) is 11.3 Å². The minimum absolute atomic E-state index is 0.188. The predicted octanol–water partition coefficient (Wildman–Crippen LogP) is 3.41. The Balaban J connectivity index is 2.00. The van der Waals surface area contributed by atoms with Gasteiger partial charge in [0.1, 0.15) is 5.57 Å². The molecule has 1 fully saturated rings. The zero-order chi connectivity index (χ0) is 20.3. The molecule has 1 N–H and O–H groups in total. The minimum atomic E-state index is -0.834. The first-order valence-electron chi connectivity index (χ1n) is 8.42. The van der Waals surface area contributed by atoms with Crippen LogP contribution in [-0.4, -0.2) is 31.6 Å². The average Bonchev–Trinajstić information content (AvgIpc) is 2.65. The fraction of sp³-hybridized carbons (Fsp3) is 0.150. The molecule has 2 aromatic rings. The van der Waals surface area contributed by atoms with E-state index in [9.17, 15) is 14.4 Å². The number of nitrogens with zero attached hydrogens (tertiary/aromatic N) is 1. The minimum Gasteiger partial charge on any atom is -0.493 e. The summed E-state index contributed by atoms with van der Waals surface area (Å²) in [5.41, 5.74) is 0.619. The molecular weight excluding hydrogens is 384 g/mol. The van der Waals surface area contributed by atoms with Crippen LogP contribution in [-0.2, 0) is 9.59 Å². The second-order valence-electron chi connectivity index (χ2n) is 5.78. The second-order valence-corrected chi connectivity index (χ2v) is 6.22. The van der Waals surface area contributed by atoms with E-state index in [1.165, 1.54) is 19.3 Å². The summed E-state index contributed by atoms with van der Waals surface area (Å²) in [5.74, 6) is -0.517. The van der Waals surface area contributed by atoms with Crippen LogP contribution in [0.4, 0.5) is 10.5 Å². The molecule has 0 aliphatic carbocycles. The molecule has 0 aromatic heterocycles. The number of rotatable bonds is 5. The maximum Gasteiger partial charge on any atom is 0.335 e. The van der Waals surface area contributed by atoms with Gasteiger partial charge in [0.25, 0.3) is 11.8 Å². The first-order chi connectivity index (χ1) is 13.4. The van der Waals surface area contributed by atoms with Gasteiger partial charge in [-0.2, -0.15) is 0 Å². The van der Waals surface area contributed by atoms with E-state index in [4.69, 9.17) is 21.1 Å². The molecule has 4 amide bonds. The van der Waals surface area contributed by atoms with Crippen LogP contribution in [0.25, 0.3) is 6.08 Å². The fourth-order valence-corrected chi connectivity index (χ4v) is 2.91. The summed E-state index contributed by atoms with van der Waals surface area (Å²) >= 11 is 5.95. The third-order valence-electron chi connectivity index (χ3n) is 3.97. The fourth-order valence-electron chi connectivity index (χ4n) is 2.73. The Hall–Kier alpha value is -3.32. The van der Waals surface area contributed by atoms with Crippen molar-refractivity contribution in [3.05, 3.63) is 58.6 Å². The number of nitrogens with one attached hydrogen (secondary N) is 1. The lowest BCUT2D eigenvalue weighted by Crippen LogP contribution is -2.54. The summed E-state index contributed by atoms with van der Waals surface area (Å²) in [6, 6.07) is 10.4. The van der Waals surface area contributed by atoms with Gasteiger partial charge in [-0.05, 0) is 48.9 Å². The number of carbonyl (C=O) groups excluding carboxylic acids is 3. The number of hydrogen-bond donors (Lipinski definition) is 1. The number of methoxy groups -OCH3 is 1. The molecule has 0 unspecified atom stereocenters. The van der Waals surface area contributed by atoms with Gasteiger partial charge >= 0.3 is 6.03 Å². The lowest BCUT2D eigenvalue weighted by Gasteiger charge is -2.26. The highest BCUT2D eigenvalue weighted by molar-refractivity contribution is 6.39. The summed E-state index contributed by atoms with van der Waals surface area (Å²) in [4.78, 5) is 38.2. The lowest BCUT2D eigenvalue weighted by molar-refractivity contribution is -0.122. The van der Waals surface area contributed by atoms with E-state index < -0.39 is 17.8 Å². The van der Waals surface area contributed by atoms with Crippen LogP contribution < -0.4 is 19.7 Å². The number of carbonyl (C=O) groups is 3. The summed E-state index contributed by atoms with van der Waals surface area (Å²) in [6.07, 6.45) is 1.39. The zero-order valence-corrected chi connectivity index (χ0v) is 15.9. The SMILES string of the molecule is CCOc1cc(/C=C2\C(=O)NC(=O)N(c3cccc(Cl)c3)C2=O)ccc1OC. The quantitative estimate of drug-likeness (QED) is 0.614.